The minimum atomic E-state index is -4.93. The number of carbonyl (C=O) groups excluding carboxylic acids is 1. The molecule has 1 rings (SSSR count). The highest BCUT2D eigenvalue weighted by molar-refractivity contribution is 7.46. The molecule has 10 nitrogen and oxygen atoms in total. The first-order valence-corrected chi connectivity index (χ1v) is 6.39. The molecule has 0 spiro atoms. The van der Waals surface area contributed by atoms with Gasteiger partial charge in [0.25, 0.3) is 0 Å². The fourth-order valence-corrected chi connectivity index (χ4v) is 2.01. The molecule has 0 bridgehead atoms. The summed E-state index contributed by atoms with van der Waals surface area (Å²) in [7, 11) is -4.93. The smallest absolute Gasteiger partial charge is 0.394 e. The highest BCUT2D eigenvalue weighted by Crippen LogP contribution is 2.40. The summed E-state index contributed by atoms with van der Waals surface area (Å²) in [5.41, 5.74) is 0. The summed E-state index contributed by atoms with van der Waals surface area (Å²) in [5.74, 6) is 0. The fourth-order valence-electron chi connectivity index (χ4n) is 1.56. The van der Waals surface area contributed by atoms with Gasteiger partial charge in [0.2, 0.25) is 6.41 Å². The van der Waals surface area contributed by atoms with Gasteiger partial charge in [0.1, 0.15) is 24.4 Å². The molecule has 0 aliphatic carbocycles. The van der Waals surface area contributed by atoms with Gasteiger partial charge in [-0.25, -0.2) is 4.57 Å². The molecule has 18 heavy (non-hydrogen) atoms. The van der Waals surface area contributed by atoms with Crippen LogP contribution in [0.3, 0.4) is 0 Å². The zero-order chi connectivity index (χ0) is 13.9. The van der Waals surface area contributed by atoms with Crippen LogP contribution in [0, 0.1) is 0 Å². The van der Waals surface area contributed by atoms with Crippen LogP contribution in [0.25, 0.3) is 0 Å². The van der Waals surface area contributed by atoms with Gasteiger partial charge in [0, 0.05) is 0 Å². The van der Waals surface area contributed by atoms with E-state index in [-0.39, 0.29) is 6.41 Å². The van der Waals surface area contributed by atoms with Gasteiger partial charge in [-0.2, -0.15) is 0 Å². The van der Waals surface area contributed by atoms with Crippen molar-refractivity contribution in [2.75, 3.05) is 6.61 Å². The molecular weight excluding hydrogens is 273 g/mol. The molecule has 0 aromatic rings. The maximum absolute atomic E-state index is 10.7. The second-order valence-electron chi connectivity index (χ2n) is 3.61. The largest absolute Gasteiger partial charge is 0.472 e. The van der Waals surface area contributed by atoms with E-state index < -0.39 is 45.1 Å². The van der Waals surface area contributed by atoms with Crippen molar-refractivity contribution in [1.29, 1.82) is 0 Å². The number of phosphoric acid groups is 1. The van der Waals surface area contributed by atoms with Gasteiger partial charge in [-0.05, 0) is 0 Å². The standard InChI is InChI=1S/C7H14NO9P/c9-1-3-5(11)6(12)4(8-2-10)7(16-3)17-18(13,14)15/h2-7,9,11-12H,1H2,(H,8,10)(H2,13,14,15)/t3-,4-,5-,6-,7-/m1/s1. The van der Waals surface area contributed by atoms with Crippen molar-refractivity contribution in [2.24, 2.45) is 0 Å². The van der Waals surface area contributed by atoms with Crippen LogP contribution in [0.4, 0.5) is 0 Å². The number of hydrogen-bond donors (Lipinski definition) is 6. The average Bonchev–Trinajstić information content (AvgIpc) is 2.26. The summed E-state index contributed by atoms with van der Waals surface area (Å²) in [6.07, 6.45) is -5.99. The van der Waals surface area contributed by atoms with Crippen molar-refractivity contribution in [3.05, 3.63) is 0 Å². The second-order valence-corrected chi connectivity index (χ2v) is 4.80. The summed E-state index contributed by atoms with van der Waals surface area (Å²) in [4.78, 5) is 27.6. The highest BCUT2D eigenvalue weighted by atomic mass is 31.2. The number of ether oxygens (including phenoxy) is 1. The van der Waals surface area contributed by atoms with E-state index in [1.54, 1.807) is 0 Å². The van der Waals surface area contributed by atoms with Crippen molar-refractivity contribution in [1.82, 2.24) is 5.32 Å². The van der Waals surface area contributed by atoms with E-state index in [4.69, 9.17) is 19.6 Å². The van der Waals surface area contributed by atoms with Crippen LogP contribution in [0.1, 0.15) is 0 Å². The Morgan fingerprint density at radius 1 is 1.33 bits per heavy atom. The molecule has 1 aliphatic heterocycles. The Labute approximate surface area is 101 Å². The Balaban J connectivity index is 2.88. The molecule has 6 N–H and O–H groups in total. The Morgan fingerprint density at radius 3 is 2.39 bits per heavy atom. The third-order valence-electron chi connectivity index (χ3n) is 2.38. The summed E-state index contributed by atoms with van der Waals surface area (Å²) in [6.45, 7) is -0.701. The lowest BCUT2D eigenvalue weighted by Crippen LogP contribution is -2.63. The third-order valence-corrected chi connectivity index (χ3v) is 2.86. The van der Waals surface area contributed by atoms with Gasteiger partial charge in [-0.3, -0.25) is 9.32 Å². The Bertz CT molecular complexity index is 333. The Hall–Kier alpha value is -0.580. The van der Waals surface area contributed by atoms with Crippen LogP contribution in [-0.2, 0) is 18.6 Å². The van der Waals surface area contributed by atoms with E-state index in [2.05, 4.69) is 4.52 Å². The fraction of sp³-hybridized carbons (Fsp3) is 0.857. The Kier molecular flexibility index (Phi) is 5.20. The number of rotatable bonds is 5. The molecule has 1 heterocycles. The maximum atomic E-state index is 10.7. The lowest BCUT2D eigenvalue weighted by atomic mass is 9.97. The van der Waals surface area contributed by atoms with Crippen LogP contribution in [0.2, 0.25) is 0 Å². The van der Waals surface area contributed by atoms with E-state index in [1.165, 1.54) is 0 Å². The number of hydrogen-bond acceptors (Lipinski definition) is 7. The quantitative estimate of drug-likeness (QED) is 0.224. The van der Waals surface area contributed by atoms with E-state index in [9.17, 15) is 19.6 Å². The van der Waals surface area contributed by atoms with Gasteiger partial charge in [0.15, 0.2) is 6.29 Å². The first kappa shape index (κ1) is 15.5. The van der Waals surface area contributed by atoms with E-state index in [1.807, 2.05) is 5.32 Å². The van der Waals surface area contributed by atoms with Crippen LogP contribution >= 0.6 is 7.82 Å². The van der Waals surface area contributed by atoms with Gasteiger partial charge in [0.05, 0.1) is 6.61 Å². The summed E-state index contributed by atoms with van der Waals surface area (Å²) in [5, 5.41) is 30.0. The molecule has 0 unspecified atom stereocenters. The van der Waals surface area contributed by atoms with Crippen LogP contribution < -0.4 is 5.32 Å². The number of aliphatic hydroxyl groups excluding tert-OH is 3. The van der Waals surface area contributed by atoms with E-state index in [0.717, 1.165) is 0 Å². The molecule has 1 aliphatic rings. The first-order chi connectivity index (χ1) is 8.30. The van der Waals surface area contributed by atoms with Crippen LogP contribution in [0.5, 0.6) is 0 Å². The predicted octanol–water partition coefficient (Wildman–Crippen LogP) is -3.35. The zero-order valence-corrected chi connectivity index (χ0v) is 9.88. The average molecular weight is 287 g/mol. The highest BCUT2D eigenvalue weighted by Gasteiger charge is 2.46. The molecule has 1 fully saturated rings. The second kappa shape index (κ2) is 6.04. The number of carbonyl (C=O) groups is 1. The number of aliphatic hydroxyl groups is 3. The van der Waals surface area contributed by atoms with Crippen molar-refractivity contribution >= 4 is 14.2 Å². The first-order valence-electron chi connectivity index (χ1n) is 4.86. The monoisotopic (exact) mass is 287 g/mol. The molecule has 0 radical (unpaired) electrons. The maximum Gasteiger partial charge on any atom is 0.472 e. The molecule has 1 saturated heterocycles. The van der Waals surface area contributed by atoms with Crippen LogP contribution in [0.15, 0.2) is 0 Å². The topological polar surface area (TPSA) is 166 Å². The lowest BCUT2D eigenvalue weighted by Gasteiger charge is -2.41. The van der Waals surface area contributed by atoms with Gasteiger partial charge in [-0.15, -0.1) is 0 Å². The Morgan fingerprint density at radius 2 is 1.94 bits per heavy atom. The third kappa shape index (κ3) is 3.70. The minimum absolute atomic E-state index is 0.152. The molecule has 0 saturated carbocycles. The normalized spacial score (nSPS) is 37.3. The van der Waals surface area contributed by atoms with Gasteiger partial charge in [-0.1, -0.05) is 0 Å². The van der Waals surface area contributed by atoms with Crippen molar-refractivity contribution in [3.63, 3.8) is 0 Å². The van der Waals surface area contributed by atoms with E-state index >= 15 is 0 Å². The van der Waals surface area contributed by atoms with E-state index in [0.29, 0.717) is 0 Å². The predicted molar refractivity (Wildman–Crippen MR) is 53.9 cm³/mol. The number of amides is 1. The number of phosphoric ester groups is 1. The molecule has 11 heteroatoms. The molecule has 106 valence electrons. The summed E-state index contributed by atoms with van der Waals surface area (Å²) < 4.78 is 19.8. The molecule has 5 atom stereocenters. The van der Waals surface area contributed by atoms with Gasteiger partial charge < -0.3 is 35.2 Å². The molecule has 1 amide bonds. The van der Waals surface area contributed by atoms with Crippen LogP contribution in [-0.4, -0.2) is 68.8 Å². The molecule has 0 aromatic heterocycles. The lowest BCUT2D eigenvalue weighted by molar-refractivity contribution is -0.247. The number of nitrogens with one attached hydrogen (secondary N) is 1. The SMILES string of the molecule is O=CN[C@H]1[C@@H](OP(=O)(O)O)O[C@H](CO)[C@@H](O)[C@@H]1O. The summed E-state index contributed by atoms with van der Waals surface area (Å²) in [6, 6.07) is -1.38. The van der Waals surface area contributed by atoms with Crippen molar-refractivity contribution in [3.8, 4) is 0 Å². The molecule has 0 aromatic carbocycles. The summed E-state index contributed by atoms with van der Waals surface area (Å²) >= 11 is 0. The van der Waals surface area contributed by atoms with Crippen molar-refractivity contribution in [2.45, 2.75) is 30.6 Å². The minimum Gasteiger partial charge on any atom is -0.394 e. The van der Waals surface area contributed by atoms with Gasteiger partial charge >= 0.3 is 7.82 Å². The molecular formula is C7H14NO9P. The zero-order valence-electron chi connectivity index (χ0n) is 8.99. The van der Waals surface area contributed by atoms with Crippen molar-refractivity contribution < 1.29 is 43.7 Å².